The number of carbonyl (C=O) groups is 1. The molecule has 0 fully saturated rings. The molecule has 0 bridgehead atoms. The lowest BCUT2D eigenvalue weighted by Crippen LogP contribution is -2.18. The highest BCUT2D eigenvalue weighted by molar-refractivity contribution is 8.93. The van der Waals surface area contributed by atoms with Gasteiger partial charge in [-0.3, -0.25) is 0 Å². The van der Waals surface area contributed by atoms with E-state index in [4.69, 9.17) is 5.11 Å². The first-order chi connectivity index (χ1) is 4.45. The molecule has 0 aliphatic carbocycles. The number of carbonyl (C=O) groups excluding carboxylic acids is 1. The quantitative estimate of drug-likeness (QED) is 0.748. The first-order valence-corrected chi connectivity index (χ1v) is 5.29. The van der Waals surface area contributed by atoms with Gasteiger partial charge in [0.05, 0.1) is 6.61 Å². The van der Waals surface area contributed by atoms with Crippen LogP contribution in [0, 0.1) is 5.41 Å². The van der Waals surface area contributed by atoms with Gasteiger partial charge in [-0.25, -0.2) is 0 Å². The summed E-state index contributed by atoms with van der Waals surface area (Å²) in [6.45, 7) is 6.10. The van der Waals surface area contributed by atoms with E-state index in [9.17, 15) is 4.79 Å². The largest absolute Gasteiger partial charge is 0.472 e. The van der Waals surface area contributed by atoms with E-state index in [0.717, 1.165) is 4.55 Å². The van der Waals surface area contributed by atoms with Crippen molar-refractivity contribution >= 4 is 41.3 Å². The van der Waals surface area contributed by atoms with E-state index in [1.165, 1.54) is 0 Å². The van der Waals surface area contributed by atoms with Crippen LogP contribution in [0.1, 0.15) is 20.8 Å². The fourth-order valence-electron chi connectivity index (χ4n) is 0.593. The van der Waals surface area contributed by atoms with Gasteiger partial charge >= 0.3 is 20.4 Å². The van der Waals surface area contributed by atoms with Crippen molar-refractivity contribution in [3.63, 3.8) is 0 Å². The number of halogens is 1. The summed E-state index contributed by atoms with van der Waals surface area (Å²) < 4.78 is 1.07. The second-order valence-electron chi connectivity index (χ2n) is 3.76. The van der Waals surface area contributed by atoms with E-state index in [-0.39, 0.29) is 32.9 Å². The van der Waals surface area contributed by atoms with Crippen LogP contribution in [-0.2, 0) is 4.79 Å². The van der Waals surface area contributed by atoms with E-state index in [2.05, 4.69) is 20.8 Å². The molecule has 0 unspecified atom stereocenters. The van der Waals surface area contributed by atoms with Gasteiger partial charge in [0.1, 0.15) is 0 Å². The normalized spacial score (nSPS) is 9.82. The predicted molar refractivity (Wildman–Crippen MR) is 52.4 cm³/mol. The number of hydrogen-bond donors (Lipinski definition) is 1. The second kappa shape index (κ2) is 6.40. The first-order valence-electron chi connectivity index (χ1n) is 3.58. The summed E-state index contributed by atoms with van der Waals surface area (Å²) >= 11 is -0.657. The van der Waals surface area contributed by atoms with Crippen molar-refractivity contribution in [3.05, 3.63) is 0 Å². The van der Waals surface area contributed by atoms with Crippen molar-refractivity contribution < 1.29 is 9.90 Å². The highest BCUT2D eigenvalue weighted by Crippen LogP contribution is 2.17. The summed E-state index contributed by atoms with van der Waals surface area (Å²) in [4.78, 5) is 10.7. The Balaban J connectivity index is 0. The Morgan fingerprint density at radius 1 is 1.45 bits per heavy atom. The van der Waals surface area contributed by atoms with Gasteiger partial charge in [-0.15, -0.1) is 21.5 Å². The van der Waals surface area contributed by atoms with Crippen LogP contribution in [0.5, 0.6) is 0 Å². The van der Waals surface area contributed by atoms with Crippen molar-refractivity contribution in [2.45, 2.75) is 25.3 Å². The molecule has 0 aliphatic heterocycles. The maximum absolute atomic E-state index is 10.7. The molecule has 11 heavy (non-hydrogen) atoms. The Morgan fingerprint density at radius 2 is 1.91 bits per heavy atom. The molecule has 0 heterocycles. The van der Waals surface area contributed by atoms with Crippen LogP contribution in [0.4, 0.5) is 0 Å². The molecule has 0 amide bonds. The smallest absolute Gasteiger partial charge is 0.392 e. The third-order valence-electron chi connectivity index (χ3n) is 1.33. The van der Waals surface area contributed by atoms with Gasteiger partial charge in [-0.05, 0) is 0 Å². The molecule has 1 N–H and O–H groups in total. The lowest BCUT2D eigenvalue weighted by Gasteiger charge is -2.16. The van der Waals surface area contributed by atoms with Gasteiger partial charge in [-0.2, -0.15) is 0 Å². The standard InChI is InChI=1S/C5H11.C2H3O2.BrH.Mg/c1-5(2,3)4;3-1-2-4;;/h1H2,2-4H3;3H,1H2;1H;. The van der Waals surface area contributed by atoms with Crippen LogP contribution < -0.4 is 0 Å². The molecule has 0 rings (SSSR count). The molecule has 0 spiro atoms. The maximum atomic E-state index is 10.7. The number of rotatable bonds is 3. The average Bonchev–Trinajstić information content (AvgIpc) is 1.81. The Kier molecular flexibility index (Phi) is 8.38. The third kappa shape index (κ3) is 10.9. The Labute approximate surface area is 88.2 Å². The zero-order valence-electron chi connectivity index (χ0n) is 7.39. The molecule has 0 aliphatic rings. The van der Waals surface area contributed by atoms with Crippen molar-refractivity contribution in [2.24, 2.45) is 5.41 Å². The van der Waals surface area contributed by atoms with E-state index < -0.39 is 20.4 Å². The molecule has 0 saturated carbocycles. The fraction of sp³-hybridized carbons (Fsp3) is 0.857. The number of aliphatic hydroxyl groups excluding tert-OH is 1. The summed E-state index contributed by atoms with van der Waals surface area (Å²) in [7, 11) is 0. The summed E-state index contributed by atoms with van der Waals surface area (Å²) in [5.74, 6) is 0. The predicted octanol–water partition coefficient (Wildman–Crippen LogP) is 1.25. The van der Waals surface area contributed by atoms with Gasteiger partial charge in [0, 0.05) is 3.91 Å². The van der Waals surface area contributed by atoms with E-state index >= 15 is 0 Å². The Hall–Kier alpha value is 0.876. The maximum Gasteiger partial charge on any atom is 0.472 e. The number of hydrogen-bond acceptors (Lipinski definition) is 2. The molecule has 0 aromatic heterocycles. The van der Waals surface area contributed by atoms with Crippen molar-refractivity contribution in [1.82, 2.24) is 0 Å². The van der Waals surface area contributed by atoms with Crippen LogP contribution in [0.3, 0.4) is 0 Å². The molecular weight excluding hydrogens is 220 g/mol. The fourth-order valence-corrected chi connectivity index (χ4v) is 1.78. The Bertz CT molecular complexity index is 120. The summed E-state index contributed by atoms with van der Waals surface area (Å²) in [6, 6.07) is 0. The second-order valence-corrected chi connectivity index (χ2v) is 5.55. The molecule has 64 valence electrons. The summed E-state index contributed by atoms with van der Waals surface area (Å²) in [6.07, 6.45) is 0. The van der Waals surface area contributed by atoms with Crippen molar-refractivity contribution in [3.8, 4) is 0 Å². The van der Waals surface area contributed by atoms with Gasteiger partial charge in [0.15, 0.2) is 0 Å². The van der Waals surface area contributed by atoms with E-state index in [0.29, 0.717) is 0 Å². The molecule has 0 aromatic carbocycles. The van der Waals surface area contributed by atoms with Crippen molar-refractivity contribution in [1.29, 1.82) is 0 Å². The van der Waals surface area contributed by atoms with Crippen molar-refractivity contribution in [2.75, 3.05) is 6.61 Å². The minimum Gasteiger partial charge on any atom is -0.392 e. The van der Waals surface area contributed by atoms with E-state index in [1.54, 1.807) is 0 Å². The van der Waals surface area contributed by atoms with Crippen LogP contribution in [0.15, 0.2) is 0 Å². The highest BCUT2D eigenvalue weighted by Gasteiger charge is 2.15. The summed E-state index contributed by atoms with van der Waals surface area (Å²) in [5.41, 5.74) is 0.261. The van der Waals surface area contributed by atoms with Crippen LogP contribution in [0.25, 0.3) is 0 Å². The lowest BCUT2D eigenvalue weighted by molar-refractivity contribution is -0.114. The molecule has 0 aromatic rings. The topological polar surface area (TPSA) is 37.3 Å². The molecule has 4 heteroatoms. The minimum atomic E-state index is -0.657. The average molecular weight is 235 g/mol. The lowest BCUT2D eigenvalue weighted by atomic mass is 10.0. The molecule has 0 atom stereocenters. The summed E-state index contributed by atoms with van der Waals surface area (Å²) in [5, 5.41) is 8.42. The van der Waals surface area contributed by atoms with Crippen LogP contribution >= 0.6 is 17.0 Å². The minimum absolute atomic E-state index is 0. The molecule has 0 saturated heterocycles. The Morgan fingerprint density at radius 3 is 2.18 bits per heavy atom. The van der Waals surface area contributed by atoms with Gasteiger partial charge in [-0.1, -0.05) is 26.2 Å². The molecular formula is C7H15BrMgO2. The number of aliphatic hydroxyl groups is 1. The molecule has 2 nitrogen and oxygen atoms in total. The van der Waals surface area contributed by atoms with Crippen LogP contribution in [-0.4, -0.2) is 36.0 Å². The SMILES string of the molecule is Br.CC(C)(C)[CH2][Mg][C](=O)CO. The van der Waals surface area contributed by atoms with Gasteiger partial charge in [0.25, 0.3) is 0 Å². The first kappa shape index (κ1) is 14.4. The highest BCUT2D eigenvalue weighted by atomic mass is 79.9. The van der Waals surface area contributed by atoms with Crippen LogP contribution in [0.2, 0.25) is 4.55 Å². The monoisotopic (exact) mass is 234 g/mol. The molecule has 0 radical (unpaired) electrons. The van der Waals surface area contributed by atoms with Gasteiger partial charge < -0.3 is 9.90 Å². The third-order valence-corrected chi connectivity index (χ3v) is 3.86. The zero-order valence-corrected chi connectivity index (χ0v) is 10.5. The van der Waals surface area contributed by atoms with Gasteiger partial charge in [0.2, 0.25) is 0 Å². The zero-order chi connectivity index (χ0) is 8.20. The van der Waals surface area contributed by atoms with E-state index in [1.807, 2.05) is 0 Å².